The number of aromatic nitrogens is 2. The molecule has 0 saturated carbocycles. The van der Waals surface area contributed by atoms with Crippen molar-refractivity contribution in [2.24, 2.45) is 0 Å². The lowest BCUT2D eigenvalue weighted by Crippen LogP contribution is -2.13. The molecule has 0 spiro atoms. The van der Waals surface area contributed by atoms with Crippen LogP contribution in [-0.2, 0) is 15.3 Å². The Labute approximate surface area is 112 Å². The summed E-state index contributed by atoms with van der Waals surface area (Å²) in [4.78, 5) is 15.7. The van der Waals surface area contributed by atoms with Crippen molar-refractivity contribution >= 4 is 17.7 Å². The SMILES string of the molecule is CCOC(=O)C(C)c1nc(CSC(C)(C)C)no1. The molecule has 0 amide bonds. The number of carbonyl (C=O) groups excluding carboxylic acids is 1. The van der Waals surface area contributed by atoms with E-state index < -0.39 is 5.92 Å². The lowest BCUT2D eigenvalue weighted by Gasteiger charge is -2.15. The van der Waals surface area contributed by atoms with E-state index >= 15 is 0 Å². The molecule has 0 aliphatic carbocycles. The molecule has 1 atom stereocenters. The largest absolute Gasteiger partial charge is 0.465 e. The lowest BCUT2D eigenvalue weighted by molar-refractivity contribution is -0.145. The minimum absolute atomic E-state index is 0.146. The number of hydrogen-bond donors (Lipinski definition) is 0. The van der Waals surface area contributed by atoms with Gasteiger partial charge in [0.1, 0.15) is 5.92 Å². The summed E-state index contributed by atoms with van der Waals surface area (Å²) in [5, 5.41) is 3.87. The van der Waals surface area contributed by atoms with E-state index in [4.69, 9.17) is 9.26 Å². The Hall–Kier alpha value is -1.04. The van der Waals surface area contributed by atoms with Crippen LogP contribution in [0.3, 0.4) is 0 Å². The highest BCUT2D eigenvalue weighted by Crippen LogP contribution is 2.26. The normalized spacial score (nSPS) is 13.4. The minimum Gasteiger partial charge on any atom is -0.465 e. The number of nitrogens with zero attached hydrogens (tertiary/aromatic N) is 2. The maximum atomic E-state index is 11.5. The lowest BCUT2D eigenvalue weighted by atomic mass is 10.2. The molecular formula is C12H20N2O3S. The summed E-state index contributed by atoms with van der Waals surface area (Å²) in [7, 11) is 0. The van der Waals surface area contributed by atoms with Crippen LogP contribution in [0.15, 0.2) is 4.52 Å². The first-order valence-corrected chi connectivity index (χ1v) is 6.95. The fourth-order valence-electron chi connectivity index (χ4n) is 1.15. The Morgan fingerprint density at radius 2 is 2.17 bits per heavy atom. The van der Waals surface area contributed by atoms with Crippen molar-refractivity contribution in [2.75, 3.05) is 6.61 Å². The molecule has 1 aromatic rings. The summed E-state index contributed by atoms with van der Waals surface area (Å²) in [6, 6.07) is 0. The molecule has 18 heavy (non-hydrogen) atoms. The second-order valence-corrected chi connectivity index (χ2v) is 6.73. The first-order chi connectivity index (χ1) is 8.33. The fourth-order valence-corrected chi connectivity index (χ4v) is 1.83. The molecular weight excluding hydrogens is 252 g/mol. The molecule has 6 heteroatoms. The van der Waals surface area contributed by atoms with E-state index in [9.17, 15) is 4.79 Å². The molecule has 0 saturated heterocycles. The van der Waals surface area contributed by atoms with Crippen LogP contribution in [0, 0.1) is 0 Å². The van der Waals surface area contributed by atoms with Crippen LogP contribution < -0.4 is 0 Å². The summed E-state index contributed by atoms with van der Waals surface area (Å²) in [5.41, 5.74) is 0. The zero-order valence-electron chi connectivity index (χ0n) is 11.5. The maximum Gasteiger partial charge on any atom is 0.318 e. The molecule has 1 unspecified atom stereocenters. The van der Waals surface area contributed by atoms with Gasteiger partial charge < -0.3 is 9.26 Å². The van der Waals surface area contributed by atoms with Crippen LogP contribution in [0.1, 0.15) is 52.3 Å². The third-order valence-corrected chi connectivity index (χ3v) is 3.40. The van der Waals surface area contributed by atoms with E-state index in [1.165, 1.54) is 0 Å². The van der Waals surface area contributed by atoms with Crippen LogP contribution in [0.2, 0.25) is 0 Å². The van der Waals surface area contributed by atoms with Gasteiger partial charge in [-0.25, -0.2) is 0 Å². The van der Waals surface area contributed by atoms with Crippen molar-refractivity contribution in [3.8, 4) is 0 Å². The third kappa shape index (κ3) is 4.68. The van der Waals surface area contributed by atoms with Crippen molar-refractivity contribution in [2.45, 2.75) is 51.0 Å². The van der Waals surface area contributed by atoms with Crippen molar-refractivity contribution in [3.05, 3.63) is 11.7 Å². The van der Waals surface area contributed by atoms with Gasteiger partial charge in [-0.1, -0.05) is 25.9 Å². The summed E-state index contributed by atoms with van der Waals surface area (Å²) < 4.78 is 10.1. The van der Waals surface area contributed by atoms with Crippen LogP contribution in [-0.4, -0.2) is 27.5 Å². The maximum absolute atomic E-state index is 11.5. The zero-order chi connectivity index (χ0) is 13.8. The number of ether oxygens (including phenoxy) is 1. The molecule has 1 heterocycles. The van der Waals surface area contributed by atoms with Crippen LogP contribution in [0.5, 0.6) is 0 Å². The first-order valence-electron chi connectivity index (χ1n) is 5.96. The molecule has 5 nitrogen and oxygen atoms in total. The minimum atomic E-state index is -0.508. The Bertz CT molecular complexity index is 398. The highest BCUT2D eigenvalue weighted by Gasteiger charge is 2.23. The molecule has 0 aliphatic heterocycles. The zero-order valence-corrected chi connectivity index (χ0v) is 12.3. The van der Waals surface area contributed by atoms with Gasteiger partial charge in [-0.15, -0.1) is 11.8 Å². The highest BCUT2D eigenvalue weighted by atomic mass is 32.2. The van der Waals surface area contributed by atoms with Crippen molar-refractivity contribution in [1.82, 2.24) is 10.1 Å². The van der Waals surface area contributed by atoms with E-state index in [-0.39, 0.29) is 10.7 Å². The third-order valence-electron chi connectivity index (χ3n) is 2.13. The van der Waals surface area contributed by atoms with Gasteiger partial charge in [0.2, 0.25) is 5.89 Å². The molecule has 1 aromatic heterocycles. The Morgan fingerprint density at radius 1 is 1.50 bits per heavy atom. The average molecular weight is 272 g/mol. The summed E-state index contributed by atoms with van der Waals surface area (Å²) >= 11 is 1.73. The molecule has 0 aliphatic rings. The number of thioether (sulfide) groups is 1. The second-order valence-electron chi connectivity index (χ2n) is 4.92. The Balaban J connectivity index is 2.60. The topological polar surface area (TPSA) is 65.2 Å². The number of esters is 1. The summed E-state index contributed by atoms with van der Waals surface area (Å²) in [5.74, 6) is 0.753. The average Bonchev–Trinajstić information content (AvgIpc) is 2.73. The fraction of sp³-hybridized carbons (Fsp3) is 0.750. The monoisotopic (exact) mass is 272 g/mol. The summed E-state index contributed by atoms with van der Waals surface area (Å²) in [6.07, 6.45) is 0. The van der Waals surface area contributed by atoms with Gasteiger partial charge in [-0.2, -0.15) is 4.98 Å². The van der Waals surface area contributed by atoms with Crippen molar-refractivity contribution in [3.63, 3.8) is 0 Å². The predicted octanol–water partition coefficient (Wildman–Crippen LogP) is 2.77. The van der Waals surface area contributed by atoms with Gasteiger partial charge in [0.05, 0.1) is 12.4 Å². The van der Waals surface area contributed by atoms with Crippen LogP contribution >= 0.6 is 11.8 Å². The van der Waals surface area contributed by atoms with E-state index in [1.807, 2.05) is 0 Å². The Kier molecular flexibility index (Phi) is 5.19. The van der Waals surface area contributed by atoms with E-state index in [0.29, 0.717) is 24.1 Å². The highest BCUT2D eigenvalue weighted by molar-refractivity contribution is 7.99. The van der Waals surface area contributed by atoms with Crippen molar-refractivity contribution < 1.29 is 14.1 Å². The van der Waals surface area contributed by atoms with Crippen LogP contribution in [0.25, 0.3) is 0 Å². The van der Waals surface area contributed by atoms with Gasteiger partial charge in [-0.05, 0) is 13.8 Å². The first kappa shape index (κ1) is 15.0. The van der Waals surface area contributed by atoms with Gasteiger partial charge in [0, 0.05) is 4.75 Å². The number of carbonyl (C=O) groups is 1. The molecule has 0 N–H and O–H groups in total. The second kappa shape index (κ2) is 6.22. The smallest absolute Gasteiger partial charge is 0.318 e. The van der Waals surface area contributed by atoms with Gasteiger partial charge >= 0.3 is 5.97 Å². The van der Waals surface area contributed by atoms with Gasteiger partial charge in [0.15, 0.2) is 5.82 Å². The molecule has 1 rings (SSSR count). The molecule has 0 radical (unpaired) electrons. The number of rotatable bonds is 5. The van der Waals surface area contributed by atoms with E-state index in [0.717, 1.165) is 0 Å². The van der Waals surface area contributed by atoms with E-state index in [2.05, 4.69) is 30.9 Å². The molecule has 0 bridgehead atoms. The number of hydrogen-bond acceptors (Lipinski definition) is 6. The van der Waals surface area contributed by atoms with Gasteiger partial charge in [0.25, 0.3) is 0 Å². The van der Waals surface area contributed by atoms with Crippen LogP contribution in [0.4, 0.5) is 0 Å². The van der Waals surface area contributed by atoms with E-state index in [1.54, 1.807) is 25.6 Å². The molecule has 102 valence electrons. The quantitative estimate of drug-likeness (QED) is 0.768. The Morgan fingerprint density at radius 3 is 2.72 bits per heavy atom. The predicted molar refractivity (Wildman–Crippen MR) is 70.4 cm³/mol. The van der Waals surface area contributed by atoms with Crippen molar-refractivity contribution in [1.29, 1.82) is 0 Å². The summed E-state index contributed by atoms with van der Waals surface area (Å²) in [6.45, 7) is 10.2. The standard InChI is InChI=1S/C12H20N2O3S/c1-6-16-11(15)8(2)10-13-9(14-17-10)7-18-12(3,4)5/h8H,6-7H2,1-5H3. The molecule has 0 aromatic carbocycles. The van der Waals surface area contributed by atoms with Gasteiger partial charge in [-0.3, -0.25) is 4.79 Å². The molecule has 0 fully saturated rings.